The van der Waals surface area contributed by atoms with Gasteiger partial charge < -0.3 is 10.1 Å². The van der Waals surface area contributed by atoms with Gasteiger partial charge in [0, 0.05) is 9.61 Å². The van der Waals surface area contributed by atoms with Gasteiger partial charge in [-0.2, -0.15) is 0 Å². The predicted molar refractivity (Wildman–Crippen MR) is 94.0 cm³/mol. The van der Waals surface area contributed by atoms with Gasteiger partial charge in [-0.05, 0) is 71.8 Å². The molecular weight excluding hydrogens is 385 g/mol. The van der Waals surface area contributed by atoms with Gasteiger partial charge in [-0.3, -0.25) is 0 Å². The molecule has 0 amide bonds. The Morgan fingerprint density at radius 2 is 1.90 bits per heavy atom. The molecule has 0 saturated carbocycles. The molecule has 2 aromatic carbocycles. The molecule has 0 aliphatic rings. The zero-order chi connectivity index (χ0) is 14.5. The molecule has 0 aliphatic heterocycles. The van der Waals surface area contributed by atoms with E-state index in [1.807, 2.05) is 24.3 Å². The van der Waals surface area contributed by atoms with Gasteiger partial charge >= 0.3 is 0 Å². The maximum atomic E-state index is 6.23. The molecule has 1 atom stereocenters. The van der Waals surface area contributed by atoms with Gasteiger partial charge in [0.15, 0.2) is 0 Å². The van der Waals surface area contributed by atoms with Crippen molar-refractivity contribution in [3.05, 3.63) is 56.6 Å². The molecule has 20 heavy (non-hydrogen) atoms. The third-order valence-corrected chi connectivity index (χ3v) is 4.02. The monoisotopic (exact) mass is 401 g/mol. The fraction of sp³-hybridized carbons (Fsp3) is 0.250. The molecule has 0 spiro atoms. The molecule has 1 N–H and O–H groups in total. The van der Waals surface area contributed by atoms with Gasteiger partial charge in [0.2, 0.25) is 0 Å². The van der Waals surface area contributed by atoms with E-state index in [4.69, 9.17) is 16.3 Å². The Kier molecular flexibility index (Phi) is 5.54. The van der Waals surface area contributed by atoms with Crippen LogP contribution in [0.5, 0.6) is 5.75 Å². The van der Waals surface area contributed by atoms with Crippen molar-refractivity contribution in [2.75, 3.05) is 12.4 Å². The van der Waals surface area contributed by atoms with E-state index >= 15 is 0 Å². The normalized spacial score (nSPS) is 12.0. The van der Waals surface area contributed by atoms with Crippen LogP contribution in [-0.4, -0.2) is 13.2 Å². The number of benzene rings is 2. The van der Waals surface area contributed by atoms with Crippen molar-refractivity contribution in [1.29, 1.82) is 0 Å². The summed E-state index contributed by atoms with van der Waals surface area (Å²) in [5, 5.41) is 4.21. The van der Waals surface area contributed by atoms with E-state index in [0.717, 1.165) is 26.5 Å². The first-order chi connectivity index (χ1) is 9.58. The van der Waals surface area contributed by atoms with Crippen LogP contribution in [0.25, 0.3) is 0 Å². The van der Waals surface area contributed by atoms with Gasteiger partial charge in [0.1, 0.15) is 5.75 Å². The van der Waals surface area contributed by atoms with Crippen molar-refractivity contribution in [3.8, 4) is 5.75 Å². The van der Waals surface area contributed by atoms with E-state index in [1.54, 1.807) is 7.11 Å². The predicted octanol–water partition coefficient (Wildman–Crippen LogP) is 5.00. The lowest BCUT2D eigenvalue weighted by Gasteiger charge is -2.17. The first-order valence-corrected chi connectivity index (χ1v) is 7.88. The van der Waals surface area contributed by atoms with E-state index in [2.05, 4.69) is 53.0 Å². The Morgan fingerprint density at radius 3 is 2.50 bits per heavy atom. The van der Waals surface area contributed by atoms with Crippen molar-refractivity contribution in [3.63, 3.8) is 0 Å². The molecule has 0 aromatic heterocycles. The Labute approximate surface area is 138 Å². The third-order valence-electron chi connectivity index (χ3n) is 3.03. The first-order valence-electron chi connectivity index (χ1n) is 6.43. The van der Waals surface area contributed by atoms with Gasteiger partial charge in [-0.25, -0.2) is 0 Å². The van der Waals surface area contributed by atoms with Crippen molar-refractivity contribution >= 4 is 39.9 Å². The second kappa shape index (κ2) is 7.18. The second-order valence-electron chi connectivity index (χ2n) is 4.72. The quantitative estimate of drug-likeness (QED) is 0.712. The number of rotatable bonds is 5. The van der Waals surface area contributed by atoms with Crippen LogP contribution in [0, 0.1) is 3.57 Å². The minimum absolute atomic E-state index is 0.306. The Bertz CT molecular complexity index is 571. The molecule has 106 valence electrons. The van der Waals surface area contributed by atoms with Crippen LogP contribution < -0.4 is 10.1 Å². The van der Waals surface area contributed by atoms with Crippen LogP contribution in [0.2, 0.25) is 5.02 Å². The van der Waals surface area contributed by atoms with Crippen LogP contribution >= 0.6 is 34.2 Å². The van der Waals surface area contributed by atoms with E-state index in [9.17, 15) is 0 Å². The zero-order valence-corrected chi connectivity index (χ0v) is 14.4. The fourth-order valence-electron chi connectivity index (χ4n) is 2.04. The number of hydrogen-bond acceptors (Lipinski definition) is 2. The standard InChI is InChI=1S/C16H17ClINO/c1-11(9-12-3-6-14(20-2)7-4-12)19-16-8-5-13(18)10-15(16)17/h3-8,10-11,19H,9H2,1-2H3. The Balaban J connectivity index is 1.99. The summed E-state index contributed by atoms with van der Waals surface area (Å²) in [6.07, 6.45) is 0.937. The lowest BCUT2D eigenvalue weighted by Crippen LogP contribution is -2.18. The molecule has 2 aromatic rings. The minimum atomic E-state index is 0.306. The maximum Gasteiger partial charge on any atom is 0.118 e. The summed E-state index contributed by atoms with van der Waals surface area (Å²) in [5.74, 6) is 0.884. The average molecular weight is 402 g/mol. The summed E-state index contributed by atoms with van der Waals surface area (Å²) in [6, 6.07) is 14.5. The largest absolute Gasteiger partial charge is 0.497 e. The highest BCUT2D eigenvalue weighted by Crippen LogP contribution is 2.25. The van der Waals surface area contributed by atoms with E-state index in [-0.39, 0.29) is 0 Å². The van der Waals surface area contributed by atoms with Gasteiger partial charge in [0.25, 0.3) is 0 Å². The van der Waals surface area contributed by atoms with Crippen LogP contribution in [0.15, 0.2) is 42.5 Å². The average Bonchev–Trinajstić information content (AvgIpc) is 2.43. The number of ether oxygens (including phenoxy) is 1. The molecule has 0 fully saturated rings. The molecule has 0 saturated heterocycles. The summed E-state index contributed by atoms with van der Waals surface area (Å²) in [6.45, 7) is 2.15. The molecule has 0 radical (unpaired) electrons. The molecule has 0 aliphatic carbocycles. The van der Waals surface area contributed by atoms with Gasteiger partial charge in [0.05, 0.1) is 17.8 Å². The number of methoxy groups -OCH3 is 1. The van der Waals surface area contributed by atoms with Crippen LogP contribution in [0.4, 0.5) is 5.69 Å². The van der Waals surface area contributed by atoms with Crippen molar-refractivity contribution in [2.45, 2.75) is 19.4 Å². The molecule has 4 heteroatoms. The molecule has 2 nitrogen and oxygen atoms in total. The van der Waals surface area contributed by atoms with E-state index < -0.39 is 0 Å². The number of anilines is 1. The summed E-state index contributed by atoms with van der Waals surface area (Å²) in [4.78, 5) is 0. The number of halogens is 2. The summed E-state index contributed by atoms with van der Waals surface area (Å²) in [5.41, 5.74) is 2.25. The molecular formula is C16H17ClINO. The lowest BCUT2D eigenvalue weighted by atomic mass is 10.1. The SMILES string of the molecule is COc1ccc(CC(C)Nc2ccc(I)cc2Cl)cc1. The lowest BCUT2D eigenvalue weighted by molar-refractivity contribution is 0.414. The third kappa shape index (κ3) is 4.28. The highest BCUT2D eigenvalue weighted by Gasteiger charge is 2.07. The van der Waals surface area contributed by atoms with Crippen LogP contribution in [-0.2, 0) is 6.42 Å². The molecule has 0 heterocycles. The fourth-order valence-corrected chi connectivity index (χ4v) is 2.95. The molecule has 0 bridgehead atoms. The molecule has 2 rings (SSSR count). The highest BCUT2D eigenvalue weighted by molar-refractivity contribution is 14.1. The van der Waals surface area contributed by atoms with Crippen LogP contribution in [0.1, 0.15) is 12.5 Å². The van der Waals surface area contributed by atoms with Crippen LogP contribution in [0.3, 0.4) is 0 Å². The number of nitrogens with one attached hydrogen (secondary N) is 1. The van der Waals surface area contributed by atoms with Crippen molar-refractivity contribution in [1.82, 2.24) is 0 Å². The van der Waals surface area contributed by atoms with Crippen molar-refractivity contribution < 1.29 is 4.74 Å². The zero-order valence-electron chi connectivity index (χ0n) is 11.5. The highest BCUT2D eigenvalue weighted by atomic mass is 127. The van der Waals surface area contributed by atoms with E-state index in [0.29, 0.717) is 6.04 Å². The Hall–Kier alpha value is -0.940. The Morgan fingerprint density at radius 1 is 1.20 bits per heavy atom. The van der Waals surface area contributed by atoms with Gasteiger partial charge in [-0.1, -0.05) is 23.7 Å². The van der Waals surface area contributed by atoms with E-state index in [1.165, 1.54) is 5.56 Å². The summed E-state index contributed by atoms with van der Waals surface area (Å²) < 4.78 is 6.30. The maximum absolute atomic E-state index is 6.23. The minimum Gasteiger partial charge on any atom is -0.497 e. The summed E-state index contributed by atoms with van der Waals surface area (Å²) >= 11 is 8.49. The molecule has 1 unspecified atom stereocenters. The number of hydrogen-bond donors (Lipinski definition) is 1. The first kappa shape index (κ1) is 15.4. The second-order valence-corrected chi connectivity index (χ2v) is 6.37. The topological polar surface area (TPSA) is 21.3 Å². The smallest absolute Gasteiger partial charge is 0.118 e. The van der Waals surface area contributed by atoms with Gasteiger partial charge in [-0.15, -0.1) is 0 Å². The summed E-state index contributed by atoms with van der Waals surface area (Å²) in [7, 11) is 1.68. The van der Waals surface area contributed by atoms with Crippen molar-refractivity contribution in [2.24, 2.45) is 0 Å².